The molecular formula is C81H136O17P2. The van der Waals surface area contributed by atoms with E-state index in [1.807, 2.05) is 12.2 Å². The molecule has 100 heavy (non-hydrogen) atoms. The zero-order valence-electron chi connectivity index (χ0n) is 62.3. The number of aliphatic hydroxyl groups is 1. The molecule has 3 N–H and O–H groups in total. The number of phosphoric acid groups is 2. The van der Waals surface area contributed by atoms with Gasteiger partial charge in [0.1, 0.15) is 19.3 Å². The standard InChI is InChI=1S/C81H136O17P2/c1-5-9-13-17-21-25-29-32-35-37-40-42-46-49-53-57-61-65-78(83)91-71-76(97-80(85)67-63-59-55-51-45-28-24-20-16-12-8-4)73-95-99(87,88)93-69-75(82)70-94-100(89,90)96-74-77(98-81(86)68-64-60-56-52-48-44-39-34-31-27-23-19-15-11-7-3)72-92-79(84)66-62-58-54-50-47-43-41-38-36-33-30-26-22-18-14-10-6-2/h9-10,13-14,20-22,24-26,32-36,39-43,49,53,75-77,82H,5-8,11-12,15-19,23,27-31,37-38,44-48,50-52,54-74H2,1-4H3,(H,87,88)(H,89,90)/b13-9-,14-10-,24-20-,25-21-,26-22-,35-32-,36-33-,39-34-,42-40-,43-41-,53-49-. The van der Waals surface area contributed by atoms with Gasteiger partial charge in [-0.2, -0.15) is 0 Å². The maximum Gasteiger partial charge on any atom is 0.472 e. The third-order valence-corrected chi connectivity index (χ3v) is 17.5. The highest BCUT2D eigenvalue weighted by Gasteiger charge is 2.30. The molecule has 0 saturated heterocycles. The molecule has 5 atom stereocenters. The number of carbonyl (C=O) groups excluding carboxylic acids is 4. The minimum absolute atomic E-state index is 0.0687. The quantitative estimate of drug-likeness (QED) is 0.0169. The first-order chi connectivity index (χ1) is 48.7. The van der Waals surface area contributed by atoms with Gasteiger partial charge in [0, 0.05) is 25.7 Å². The number of allylic oxidation sites excluding steroid dienone is 22. The summed E-state index contributed by atoms with van der Waals surface area (Å²) in [6.45, 7) is 4.48. The lowest BCUT2D eigenvalue weighted by Crippen LogP contribution is -2.30. The number of unbranched alkanes of at least 4 members (excludes halogenated alkanes) is 23. The van der Waals surface area contributed by atoms with Crippen LogP contribution in [-0.4, -0.2) is 96.7 Å². The molecule has 0 aromatic carbocycles. The van der Waals surface area contributed by atoms with Crippen molar-refractivity contribution in [2.45, 2.75) is 316 Å². The molecule has 0 amide bonds. The summed E-state index contributed by atoms with van der Waals surface area (Å²) in [4.78, 5) is 72.8. The highest BCUT2D eigenvalue weighted by molar-refractivity contribution is 7.47. The van der Waals surface area contributed by atoms with Gasteiger partial charge >= 0.3 is 39.5 Å². The molecule has 0 aromatic rings. The third-order valence-electron chi connectivity index (χ3n) is 15.6. The van der Waals surface area contributed by atoms with E-state index >= 15 is 0 Å². The van der Waals surface area contributed by atoms with Crippen molar-refractivity contribution in [1.29, 1.82) is 0 Å². The largest absolute Gasteiger partial charge is 0.472 e. The van der Waals surface area contributed by atoms with Gasteiger partial charge in [-0.15, -0.1) is 0 Å². The van der Waals surface area contributed by atoms with Crippen LogP contribution in [0.4, 0.5) is 0 Å². The molecule has 0 spiro atoms. The molecule has 0 fully saturated rings. The van der Waals surface area contributed by atoms with E-state index in [1.54, 1.807) is 0 Å². The fraction of sp³-hybridized carbons (Fsp3) is 0.679. The average molecular weight is 1440 g/mol. The number of esters is 4. The Labute approximate surface area is 605 Å². The van der Waals surface area contributed by atoms with Crippen LogP contribution in [0.25, 0.3) is 0 Å². The Morgan fingerprint density at radius 2 is 0.540 bits per heavy atom. The lowest BCUT2D eigenvalue weighted by atomic mass is 10.1. The van der Waals surface area contributed by atoms with Crippen LogP contribution in [0.1, 0.15) is 297 Å². The maximum absolute atomic E-state index is 13.1. The van der Waals surface area contributed by atoms with Crippen LogP contribution in [0, 0.1) is 0 Å². The number of ether oxygens (including phenoxy) is 4. The molecule has 0 rings (SSSR count). The van der Waals surface area contributed by atoms with E-state index in [1.165, 1.54) is 51.4 Å². The second kappa shape index (κ2) is 72.5. The minimum atomic E-state index is -4.99. The predicted octanol–water partition coefficient (Wildman–Crippen LogP) is 22.1. The Bertz CT molecular complexity index is 2420. The maximum atomic E-state index is 13.1. The zero-order chi connectivity index (χ0) is 73.2. The van der Waals surface area contributed by atoms with E-state index in [0.717, 1.165) is 161 Å². The second-order valence-electron chi connectivity index (χ2n) is 25.2. The smallest absolute Gasteiger partial charge is 0.462 e. The molecule has 19 heteroatoms. The van der Waals surface area contributed by atoms with Crippen molar-refractivity contribution >= 4 is 39.5 Å². The van der Waals surface area contributed by atoms with E-state index in [0.29, 0.717) is 32.1 Å². The van der Waals surface area contributed by atoms with Crippen molar-refractivity contribution in [1.82, 2.24) is 0 Å². The third kappa shape index (κ3) is 71.6. The van der Waals surface area contributed by atoms with E-state index in [-0.39, 0.29) is 25.7 Å². The van der Waals surface area contributed by atoms with Crippen LogP contribution >= 0.6 is 15.6 Å². The predicted molar refractivity (Wildman–Crippen MR) is 408 cm³/mol. The molecule has 0 aliphatic carbocycles. The number of hydrogen-bond acceptors (Lipinski definition) is 15. The molecule has 0 aliphatic heterocycles. The summed E-state index contributed by atoms with van der Waals surface area (Å²) in [5, 5.41) is 10.6. The molecule has 0 saturated carbocycles. The zero-order valence-corrected chi connectivity index (χ0v) is 64.1. The number of aliphatic hydroxyl groups excluding tert-OH is 1. The van der Waals surface area contributed by atoms with Crippen molar-refractivity contribution in [2.24, 2.45) is 0 Å². The van der Waals surface area contributed by atoms with Crippen LogP contribution in [-0.2, 0) is 65.4 Å². The van der Waals surface area contributed by atoms with E-state index in [9.17, 15) is 43.2 Å². The topological polar surface area (TPSA) is 237 Å². The first kappa shape index (κ1) is 95.2. The van der Waals surface area contributed by atoms with Gasteiger partial charge in [0.15, 0.2) is 12.2 Å². The summed E-state index contributed by atoms with van der Waals surface area (Å²) < 4.78 is 68.4. The molecule has 0 radical (unpaired) electrons. The van der Waals surface area contributed by atoms with Gasteiger partial charge in [0.05, 0.1) is 26.4 Å². The van der Waals surface area contributed by atoms with E-state index in [2.05, 4.69) is 149 Å². The average Bonchev–Trinajstić information content (AvgIpc) is 0.989. The number of hydrogen-bond donors (Lipinski definition) is 3. The summed E-state index contributed by atoms with van der Waals surface area (Å²) in [6, 6.07) is 0. The summed E-state index contributed by atoms with van der Waals surface area (Å²) in [5.74, 6) is -2.29. The van der Waals surface area contributed by atoms with E-state index < -0.39 is 97.5 Å². The SMILES string of the molecule is CC/C=C\C/C=C\C/C=C\C/C=C\C/C=C\CCCC(=O)OCC(COP(=O)(O)OCC(O)COP(=O)(O)OCC(COC(=O)CCCCCC/C=C\C/C=C\C/C=C\C/C=C\CC)OC(=O)CCCCCCC/C=C\CCCCCCCC)OC(=O)CCCCCCC/C=C\CCCC. The monoisotopic (exact) mass is 1440 g/mol. The highest BCUT2D eigenvalue weighted by atomic mass is 31.2. The fourth-order valence-electron chi connectivity index (χ4n) is 9.75. The molecule has 0 aromatic heterocycles. The molecule has 5 unspecified atom stereocenters. The highest BCUT2D eigenvalue weighted by Crippen LogP contribution is 2.45. The molecular weight excluding hydrogens is 1310 g/mol. The summed E-state index contributed by atoms with van der Waals surface area (Å²) in [6.07, 6.45) is 80.2. The van der Waals surface area contributed by atoms with Gasteiger partial charge in [-0.3, -0.25) is 37.3 Å². The van der Waals surface area contributed by atoms with Crippen LogP contribution in [0.5, 0.6) is 0 Å². The van der Waals surface area contributed by atoms with Crippen molar-refractivity contribution in [2.75, 3.05) is 39.6 Å². The first-order valence-electron chi connectivity index (χ1n) is 38.4. The number of rotatable bonds is 71. The molecule has 0 bridgehead atoms. The lowest BCUT2D eigenvalue weighted by Gasteiger charge is -2.21. The molecule has 0 heterocycles. The van der Waals surface area contributed by atoms with Gasteiger partial charge < -0.3 is 33.8 Å². The Balaban J connectivity index is 5.41. The van der Waals surface area contributed by atoms with Crippen molar-refractivity contribution in [3.63, 3.8) is 0 Å². The Kier molecular flexibility index (Phi) is 69.1. The Morgan fingerprint density at radius 1 is 0.290 bits per heavy atom. The fourth-order valence-corrected chi connectivity index (χ4v) is 11.3. The van der Waals surface area contributed by atoms with Gasteiger partial charge in [-0.25, -0.2) is 9.13 Å². The van der Waals surface area contributed by atoms with E-state index in [4.69, 9.17) is 37.0 Å². The molecule has 0 aliphatic rings. The Morgan fingerprint density at radius 3 is 0.880 bits per heavy atom. The van der Waals surface area contributed by atoms with Crippen LogP contribution in [0.15, 0.2) is 134 Å². The van der Waals surface area contributed by atoms with Crippen molar-refractivity contribution in [3.05, 3.63) is 134 Å². The first-order valence-corrected chi connectivity index (χ1v) is 41.4. The Hall–Kier alpha value is -4.80. The van der Waals surface area contributed by atoms with Gasteiger partial charge in [0.25, 0.3) is 0 Å². The van der Waals surface area contributed by atoms with Crippen molar-refractivity contribution < 1.29 is 80.2 Å². The second-order valence-corrected chi connectivity index (χ2v) is 28.1. The minimum Gasteiger partial charge on any atom is -0.462 e. The lowest BCUT2D eigenvalue weighted by molar-refractivity contribution is -0.161. The van der Waals surface area contributed by atoms with Gasteiger partial charge in [-0.1, -0.05) is 258 Å². The summed E-state index contributed by atoms with van der Waals surface area (Å²) in [5.41, 5.74) is 0. The van der Waals surface area contributed by atoms with Crippen molar-refractivity contribution in [3.8, 4) is 0 Å². The van der Waals surface area contributed by atoms with Gasteiger partial charge in [0.2, 0.25) is 0 Å². The van der Waals surface area contributed by atoms with Gasteiger partial charge in [-0.05, 0) is 148 Å². The molecule has 17 nitrogen and oxygen atoms in total. The number of phosphoric ester groups is 2. The normalized spacial score (nSPS) is 14.7. The summed E-state index contributed by atoms with van der Waals surface area (Å²) >= 11 is 0. The van der Waals surface area contributed by atoms with Crippen LogP contribution < -0.4 is 0 Å². The summed E-state index contributed by atoms with van der Waals surface area (Å²) in [7, 11) is -9.98. The van der Waals surface area contributed by atoms with Crippen LogP contribution in [0.2, 0.25) is 0 Å². The molecule has 572 valence electrons. The van der Waals surface area contributed by atoms with Crippen LogP contribution in [0.3, 0.4) is 0 Å². The number of carbonyl (C=O) groups is 4.